The van der Waals surface area contributed by atoms with Crippen LogP contribution in [-0.2, 0) is 0 Å². The number of hydrogen-bond donors (Lipinski definition) is 0. The second kappa shape index (κ2) is 7.71. The normalized spacial score (nSPS) is 9.65. The third kappa shape index (κ3) is 3.49. The van der Waals surface area contributed by atoms with Gasteiger partial charge in [-0.1, -0.05) is 14.9 Å². The first-order chi connectivity index (χ1) is 9.88. The number of benzene rings is 2. The Morgan fingerprint density at radius 1 is 0.783 bits per heavy atom. The molecule has 0 saturated carbocycles. The van der Waals surface area contributed by atoms with Crippen molar-refractivity contribution in [2.24, 2.45) is 0 Å². The Kier molecular flexibility index (Phi) is 6.89. The van der Waals surface area contributed by atoms with Crippen molar-refractivity contribution in [1.82, 2.24) is 0 Å². The smallest absolute Gasteiger partial charge is 0.200 e. The second-order valence-corrected chi connectivity index (χ2v) is 4.00. The van der Waals surface area contributed by atoms with Gasteiger partial charge in [-0.15, -0.1) is 0 Å². The monoisotopic (exact) mass is 334 g/mol. The average Bonchev–Trinajstić information content (AvgIpc) is 2.51. The first kappa shape index (κ1) is 20.6. The Bertz CT molecular complexity index is 682. The minimum atomic E-state index is -2.31. The van der Waals surface area contributed by atoms with E-state index in [-0.39, 0.29) is 20.4 Å². The zero-order valence-electron chi connectivity index (χ0n) is 10.5. The Balaban J connectivity index is 0.00000242. The molecule has 0 aliphatic carbocycles. The highest BCUT2D eigenvalue weighted by molar-refractivity contribution is 6.09. The predicted molar refractivity (Wildman–Crippen MR) is 76.1 cm³/mol. The van der Waals surface area contributed by atoms with Gasteiger partial charge in [-0.3, -0.25) is 4.79 Å². The number of ether oxygens (including phenoxy) is 1. The Labute approximate surface area is 130 Å². The lowest BCUT2D eigenvalue weighted by Gasteiger charge is -2.08. The highest BCUT2D eigenvalue weighted by Gasteiger charge is 2.30. The van der Waals surface area contributed by atoms with Crippen molar-refractivity contribution >= 4 is 5.78 Å². The maximum absolute atomic E-state index is 13.5. The molecule has 0 heterocycles. The standard InChI is InChI=1S/C14H7F5O2.2CH4/c1-21-7-4-2-6(3-5-7)14(20)8-9(15)11(17)13(19)12(18)10(8)16;;/h2-5H,1H3;2*1H4. The summed E-state index contributed by atoms with van der Waals surface area (Å²) in [6.45, 7) is 0. The van der Waals surface area contributed by atoms with Gasteiger partial charge < -0.3 is 4.74 Å². The molecule has 23 heavy (non-hydrogen) atoms. The summed E-state index contributed by atoms with van der Waals surface area (Å²) in [4.78, 5) is 11.9. The predicted octanol–water partition coefficient (Wildman–Crippen LogP) is 4.89. The first-order valence-electron chi connectivity index (χ1n) is 5.58. The van der Waals surface area contributed by atoms with Gasteiger partial charge in [0.15, 0.2) is 29.1 Å². The van der Waals surface area contributed by atoms with E-state index in [1.165, 1.54) is 19.2 Å². The lowest BCUT2D eigenvalue weighted by atomic mass is 10.0. The van der Waals surface area contributed by atoms with E-state index in [0.717, 1.165) is 12.1 Å². The summed E-state index contributed by atoms with van der Waals surface area (Å²) in [6.07, 6.45) is 0. The molecule has 0 unspecified atom stereocenters. The fourth-order valence-electron chi connectivity index (χ4n) is 1.69. The number of halogens is 5. The topological polar surface area (TPSA) is 26.3 Å². The zero-order valence-corrected chi connectivity index (χ0v) is 10.5. The van der Waals surface area contributed by atoms with Crippen LogP contribution in [0.2, 0.25) is 0 Å². The fourth-order valence-corrected chi connectivity index (χ4v) is 1.69. The molecule has 0 aliphatic rings. The molecule has 0 fully saturated rings. The molecular formula is C16H15F5O2. The summed E-state index contributed by atoms with van der Waals surface area (Å²) in [7, 11) is 1.36. The van der Waals surface area contributed by atoms with Gasteiger partial charge in [0.1, 0.15) is 11.3 Å². The van der Waals surface area contributed by atoms with Crippen molar-refractivity contribution in [3.63, 3.8) is 0 Å². The van der Waals surface area contributed by atoms with Gasteiger partial charge in [0.25, 0.3) is 0 Å². The Hall–Kier alpha value is -2.44. The number of methoxy groups -OCH3 is 1. The summed E-state index contributed by atoms with van der Waals surface area (Å²) in [6, 6.07) is 4.94. The van der Waals surface area contributed by atoms with Crippen LogP contribution >= 0.6 is 0 Å². The highest BCUT2D eigenvalue weighted by atomic mass is 19.2. The van der Waals surface area contributed by atoms with Crippen molar-refractivity contribution in [1.29, 1.82) is 0 Å². The van der Waals surface area contributed by atoms with Crippen LogP contribution in [0.1, 0.15) is 30.8 Å². The van der Waals surface area contributed by atoms with Crippen molar-refractivity contribution in [2.75, 3.05) is 7.11 Å². The number of carbonyl (C=O) groups is 1. The van der Waals surface area contributed by atoms with Gasteiger partial charge >= 0.3 is 0 Å². The van der Waals surface area contributed by atoms with E-state index in [1.54, 1.807) is 0 Å². The number of carbonyl (C=O) groups excluding carboxylic acids is 1. The van der Waals surface area contributed by atoms with Crippen LogP contribution in [0, 0.1) is 29.1 Å². The van der Waals surface area contributed by atoms with Crippen LogP contribution in [0.3, 0.4) is 0 Å². The van der Waals surface area contributed by atoms with Crippen molar-refractivity contribution in [2.45, 2.75) is 14.9 Å². The van der Waals surface area contributed by atoms with E-state index in [0.29, 0.717) is 5.75 Å². The van der Waals surface area contributed by atoms with E-state index in [4.69, 9.17) is 4.74 Å². The summed E-state index contributed by atoms with van der Waals surface area (Å²) in [5.74, 6) is -11.9. The maximum atomic E-state index is 13.5. The van der Waals surface area contributed by atoms with Gasteiger partial charge in [0, 0.05) is 5.56 Å². The maximum Gasteiger partial charge on any atom is 0.200 e. The van der Waals surface area contributed by atoms with Gasteiger partial charge in [0.05, 0.1) is 7.11 Å². The van der Waals surface area contributed by atoms with Crippen molar-refractivity contribution in [3.8, 4) is 5.75 Å². The molecule has 0 aliphatic heterocycles. The van der Waals surface area contributed by atoms with E-state index in [2.05, 4.69) is 0 Å². The highest BCUT2D eigenvalue weighted by Crippen LogP contribution is 2.25. The van der Waals surface area contributed by atoms with Gasteiger partial charge in [-0.25, -0.2) is 22.0 Å². The van der Waals surface area contributed by atoms with E-state index < -0.39 is 40.4 Å². The van der Waals surface area contributed by atoms with Crippen LogP contribution < -0.4 is 4.74 Å². The molecule has 0 bridgehead atoms. The average molecular weight is 334 g/mol. The molecule has 0 aromatic heterocycles. The Morgan fingerprint density at radius 2 is 1.17 bits per heavy atom. The molecule has 7 heteroatoms. The third-order valence-electron chi connectivity index (χ3n) is 2.79. The first-order valence-corrected chi connectivity index (χ1v) is 5.58. The summed E-state index contributed by atoms with van der Waals surface area (Å²) in [5, 5.41) is 0. The van der Waals surface area contributed by atoms with Crippen LogP contribution in [0.5, 0.6) is 5.75 Å². The van der Waals surface area contributed by atoms with Crippen LogP contribution in [0.4, 0.5) is 22.0 Å². The molecule has 2 rings (SSSR count). The molecule has 2 aromatic carbocycles. The van der Waals surface area contributed by atoms with Gasteiger partial charge in [0.2, 0.25) is 5.82 Å². The molecule has 2 nitrogen and oxygen atoms in total. The summed E-state index contributed by atoms with van der Waals surface area (Å²) >= 11 is 0. The van der Waals surface area contributed by atoms with Crippen LogP contribution in [-0.4, -0.2) is 12.9 Å². The zero-order chi connectivity index (χ0) is 15.7. The molecule has 126 valence electrons. The molecule has 0 spiro atoms. The van der Waals surface area contributed by atoms with Gasteiger partial charge in [-0.2, -0.15) is 0 Å². The van der Waals surface area contributed by atoms with Crippen molar-refractivity contribution < 1.29 is 31.5 Å². The molecule has 0 atom stereocenters. The summed E-state index contributed by atoms with van der Waals surface area (Å²) in [5.41, 5.74) is -1.73. The minimum absolute atomic E-state index is 0. The molecular weight excluding hydrogens is 319 g/mol. The van der Waals surface area contributed by atoms with E-state index in [9.17, 15) is 26.7 Å². The number of rotatable bonds is 3. The molecule has 0 radical (unpaired) electrons. The van der Waals surface area contributed by atoms with Crippen molar-refractivity contribution in [3.05, 3.63) is 64.5 Å². The lowest BCUT2D eigenvalue weighted by molar-refractivity contribution is 0.102. The van der Waals surface area contributed by atoms with E-state index in [1.807, 2.05) is 0 Å². The minimum Gasteiger partial charge on any atom is -0.497 e. The quantitative estimate of drug-likeness (QED) is 0.346. The fraction of sp³-hybridized carbons (Fsp3) is 0.188. The molecule has 0 saturated heterocycles. The Morgan fingerprint density at radius 3 is 1.57 bits per heavy atom. The van der Waals surface area contributed by atoms with Crippen LogP contribution in [0.15, 0.2) is 24.3 Å². The summed E-state index contributed by atoms with van der Waals surface area (Å²) < 4.78 is 70.9. The third-order valence-corrected chi connectivity index (χ3v) is 2.79. The second-order valence-electron chi connectivity index (χ2n) is 4.00. The number of hydrogen-bond acceptors (Lipinski definition) is 2. The van der Waals surface area contributed by atoms with Gasteiger partial charge in [-0.05, 0) is 24.3 Å². The molecule has 0 N–H and O–H groups in total. The largest absolute Gasteiger partial charge is 0.497 e. The molecule has 2 aromatic rings. The lowest BCUT2D eigenvalue weighted by Crippen LogP contribution is -2.13. The molecule has 0 amide bonds. The van der Waals surface area contributed by atoms with E-state index >= 15 is 0 Å². The van der Waals surface area contributed by atoms with Crippen LogP contribution in [0.25, 0.3) is 0 Å². The SMILES string of the molecule is C.C.COc1ccc(C(=O)c2c(F)c(F)c(F)c(F)c2F)cc1. The number of ketones is 1.